The summed E-state index contributed by atoms with van der Waals surface area (Å²) >= 11 is 0. The fraction of sp³-hybridized carbons (Fsp3) is 0.419. The smallest absolute Gasteiger partial charge is 0.341 e. The molecule has 0 radical (unpaired) electrons. The number of benzene rings is 2. The summed E-state index contributed by atoms with van der Waals surface area (Å²) in [6.45, 7) is 1.67. The summed E-state index contributed by atoms with van der Waals surface area (Å²) in [6.07, 6.45) is 4.36. The zero-order chi connectivity index (χ0) is 30.7. The topological polar surface area (TPSA) is 164 Å². The molecular weight excluding hydrogens is 555 g/mol. The van der Waals surface area contributed by atoms with E-state index in [1.165, 1.54) is 6.20 Å². The minimum absolute atomic E-state index is 0.0334. The van der Waals surface area contributed by atoms with E-state index in [-0.39, 0.29) is 28.6 Å². The molecule has 1 saturated heterocycles. The van der Waals surface area contributed by atoms with Crippen LogP contribution in [0.5, 0.6) is 0 Å². The lowest BCUT2D eigenvalue weighted by Gasteiger charge is -2.38. The Morgan fingerprint density at radius 2 is 1.77 bits per heavy atom. The Bertz CT molecular complexity index is 1570. The minimum atomic E-state index is -1.34. The first-order valence-electron chi connectivity index (χ1n) is 14.6. The average molecular weight is 593 g/mol. The summed E-state index contributed by atoms with van der Waals surface area (Å²) in [5.41, 5.74) is 12.2. The van der Waals surface area contributed by atoms with Crippen molar-refractivity contribution in [1.82, 2.24) is 14.8 Å². The van der Waals surface area contributed by atoms with Crippen LogP contribution in [0.4, 0.5) is 10.1 Å². The molecule has 1 aliphatic carbocycles. The number of hydrogen-bond acceptors (Lipinski definition) is 7. The second-order valence-electron chi connectivity index (χ2n) is 11.2. The van der Waals surface area contributed by atoms with Crippen LogP contribution in [0.2, 0.25) is 0 Å². The summed E-state index contributed by atoms with van der Waals surface area (Å²) in [7, 11) is 0. The number of carboxylic acid groups (broad SMARTS) is 1. The molecule has 228 valence electrons. The Balaban J connectivity index is 1.33. The van der Waals surface area contributed by atoms with Gasteiger partial charge in [-0.1, -0.05) is 30.3 Å². The molecule has 6 N–H and O–H groups in total. The number of halogens is 1. The number of nitrogens with two attached hydrogens (primary N) is 2. The van der Waals surface area contributed by atoms with Crippen LogP contribution in [0.25, 0.3) is 10.9 Å². The molecule has 1 aliphatic heterocycles. The van der Waals surface area contributed by atoms with E-state index in [2.05, 4.69) is 5.32 Å². The number of amides is 2. The van der Waals surface area contributed by atoms with Crippen LogP contribution in [0.1, 0.15) is 47.6 Å². The maximum absolute atomic E-state index is 15.4. The summed E-state index contributed by atoms with van der Waals surface area (Å²) in [4.78, 5) is 54.5. The molecule has 0 bridgehead atoms. The molecule has 1 saturated carbocycles. The number of aromatic nitrogens is 1. The van der Waals surface area contributed by atoms with Gasteiger partial charge < -0.3 is 36.3 Å². The Morgan fingerprint density at radius 3 is 2.40 bits per heavy atom. The second-order valence-corrected chi connectivity index (χ2v) is 11.2. The van der Waals surface area contributed by atoms with Crippen molar-refractivity contribution < 1.29 is 23.9 Å². The highest BCUT2D eigenvalue weighted by Gasteiger charge is 2.32. The maximum atomic E-state index is 15.4. The summed E-state index contributed by atoms with van der Waals surface area (Å²) in [5.74, 6) is -2.63. The summed E-state index contributed by atoms with van der Waals surface area (Å²) < 4.78 is 17.2. The van der Waals surface area contributed by atoms with Crippen LogP contribution in [0.3, 0.4) is 0 Å². The van der Waals surface area contributed by atoms with E-state index >= 15 is 4.39 Å². The van der Waals surface area contributed by atoms with E-state index in [9.17, 15) is 24.3 Å². The molecule has 2 fully saturated rings. The Morgan fingerprint density at radius 1 is 1.07 bits per heavy atom. The third kappa shape index (κ3) is 6.70. The van der Waals surface area contributed by atoms with Crippen molar-refractivity contribution in [3.63, 3.8) is 0 Å². The van der Waals surface area contributed by atoms with E-state index in [1.54, 1.807) is 15.5 Å². The van der Waals surface area contributed by atoms with Gasteiger partial charge in [0.25, 0.3) is 0 Å². The van der Waals surface area contributed by atoms with Crippen LogP contribution in [0.15, 0.2) is 53.5 Å². The molecular formula is C31H37FN6O5. The van der Waals surface area contributed by atoms with Crippen molar-refractivity contribution >= 4 is 34.4 Å². The number of pyridine rings is 1. The van der Waals surface area contributed by atoms with Gasteiger partial charge in [-0.15, -0.1) is 0 Å². The first kappa shape index (κ1) is 30.2. The Labute approximate surface area is 248 Å². The highest BCUT2D eigenvalue weighted by molar-refractivity contribution is 5.94. The molecule has 2 amide bonds. The van der Waals surface area contributed by atoms with Crippen LogP contribution < -0.4 is 27.1 Å². The number of rotatable bonds is 11. The van der Waals surface area contributed by atoms with Gasteiger partial charge in [-0.25, -0.2) is 9.18 Å². The van der Waals surface area contributed by atoms with Crippen molar-refractivity contribution in [2.45, 2.75) is 50.2 Å². The minimum Gasteiger partial charge on any atom is -0.477 e. The molecule has 2 aromatic carbocycles. The van der Waals surface area contributed by atoms with Crippen LogP contribution >= 0.6 is 0 Å². The lowest BCUT2D eigenvalue weighted by atomic mass is 10.0. The van der Waals surface area contributed by atoms with Crippen LogP contribution in [0, 0.1) is 5.82 Å². The van der Waals surface area contributed by atoms with E-state index in [1.807, 2.05) is 35.2 Å². The lowest BCUT2D eigenvalue weighted by Crippen LogP contribution is -2.57. The highest BCUT2D eigenvalue weighted by atomic mass is 19.1. The number of hydrogen-bond donors (Lipinski definition) is 4. The Kier molecular flexibility index (Phi) is 9.07. The maximum Gasteiger partial charge on any atom is 0.341 e. The van der Waals surface area contributed by atoms with E-state index in [0.717, 1.165) is 24.5 Å². The zero-order valence-electron chi connectivity index (χ0n) is 23.9. The molecule has 12 heteroatoms. The number of anilines is 1. The van der Waals surface area contributed by atoms with Gasteiger partial charge in [-0.2, -0.15) is 0 Å². The quantitative estimate of drug-likeness (QED) is 0.261. The van der Waals surface area contributed by atoms with Gasteiger partial charge in [0.15, 0.2) is 0 Å². The highest BCUT2D eigenvalue weighted by Crippen LogP contribution is 2.38. The zero-order valence-corrected chi connectivity index (χ0v) is 23.9. The number of carbonyl (C=O) groups excluding carboxylic acids is 2. The van der Waals surface area contributed by atoms with E-state index in [0.29, 0.717) is 57.5 Å². The third-order valence-electron chi connectivity index (χ3n) is 8.16. The van der Waals surface area contributed by atoms with E-state index in [4.69, 9.17) is 11.5 Å². The predicted octanol–water partition coefficient (Wildman–Crippen LogP) is 1.62. The van der Waals surface area contributed by atoms with Crippen molar-refractivity contribution in [2.75, 3.05) is 37.6 Å². The fourth-order valence-corrected chi connectivity index (χ4v) is 5.59. The Hall–Kier alpha value is -4.29. The number of nitrogens with zero attached hydrogens (tertiary/aromatic N) is 3. The predicted molar refractivity (Wildman–Crippen MR) is 161 cm³/mol. The van der Waals surface area contributed by atoms with Crippen molar-refractivity contribution in [3.8, 4) is 0 Å². The second kappa shape index (κ2) is 12.9. The molecule has 2 heterocycles. The number of carbonyl (C=O) groups is 3. The van der Waals surface area contributed by atoms with Gasteiger partial charge in [0.1, 0.15) is 17.4 Å². The lowest BCUT2D eigenvalue weighted by molar-refractivity contribution is -0.137. The average Bonchev–Trinajstić information content (AvgIpc) is 3.85. The van der Waals surface area contributed by atoms with Gasteiger partial charge in [-0.3, -0.25) is 14.4 Å². The largest absolute Gasteiger partial charge is 0.477 e. The molecule has 2 atom stereocenters. The van der Waals surface area contributed by atoms with Crippen molar-refractivity contribution in [1.29, 1.82) is 0 Å². The van der Waals surface area contributed by atoms with Gasteiger partial charge in [-0.05, 0) is 49.9 Å². The third-order valence-corrected chi connectivity index (χ3v) is 8.16. The monoisotopic (exact) mass is 592 g/mol. The number of carboxylic acids is 1. The van der Waals surface area contributed by atoms with Crippen molar-refractivity contribution in [2.24, 2.45) is 11.5 Å². The van der Waals surface area contributed by atoms with Crippen molar-refractivity contribution in [3.05, 3.63) is 75.8 Å². The molecule has 2 aliphatic rings. The van der Waals surface area contributed by atoms with Gasteiger partial charge >= 0.3 is 5.97 Å². The molecule has 43 heavy (non-hydrogen) atoms. The number of nitrogens with one attached hydrogen (secondary N) is 1. The molecule has 3 aromatic rings. The van der Waals surface area contributed by atoms with E-state index < -0.39 is 35.2 Å². The van der Waals surface area contributed by atoms with Gasteiger partial charge in [0.2, 0.25) is 17.2 Å². The van der Waals surface area contributed by atoms with Gasteiger partial charge in [0.05, 0.1) is 17.2 Å². The molecule has 1 aromatic heterocycles. The molecule has 0 unspecified atom stereocenters. The molecule has 11 nitrogen and oxygen atoms in total. The first-order valence-corrected chi connectivity index (χ1v) is 14.6. The molecule has 5 rings (SSSR count). The molecule has 0 spiro atoms. The number of fused-ring (bicyclic) bond motifs is 1. The standard InChI is InChI=1S/C31H37FN6O5/c32-23-16-21-26(38(20-8-9-20)18-22(28(21)39)31(42)43)17-27(23)36-11-13-37(14-12-36)30(41)25(15-19-5-2-1-3-6-19)35-29(40)24(34)7-4-10-33/h1-3,5-6,16-18,20,24-25H,4,7-15,33-34H2,(H,35,40)(H,42,43)/t24-,25-/m0/s1. The fourth-order valence-electron chi connectivity index (χ4n) is 5.59. The summed E-state index contributed by atoms with van der Waals surface area (Å²) in [6, 6.07) is 10.6. The summed E-state index contributed by atoms with van der Waals surface area (Å²) in [5, 5.41) is 12.4. The first-order chi connectivity index (χ1) is 20.7. The van der Waals surface area contributed by atoms with Gasteiger partial charge in [0, 0.05) is 50.2 Å². The van der Waals surface area contributed by atoms with Crippen LogP contribution in [-0.2, 0) is 16.0 Å². The number of piperazine rings is 1. The number of aromatic carboxylic acids is 1. The van der Waals surface area contributed by atoms with Crippen LogP contribution in [-0.4, -0.2) is 77.2 Å². The normalized spacial score (nSPS) is 16.6. The SMILES string of the molecule is NCCC[C@H](N)C(=O)N[C@@H](Cc1ccccc1)C(=O)N1CCN(c2cc3c(cc2F)c(=O)c(C(=O)O)cn3C2CC2)CC1.